The average Bonchev–Trinajstić information content (AvgIpc) is 2.81. The molecule has 5 heteroatoms. The molecular formula is C28H60N2O2S. The summed E-state index contributed by atoms with van der Waals surface area (Å²) in [5.41, 5.74) is 0. The predicted octanol–water partition coefficient (Wildman–Crippen LogP) is 9.08. The summed E-state index contributed by atoms with van der Waals surface area (Å²) in [4.78, 5) is 0. The maximum Gasteiger partial charge on any atom is 0.120 e. The number of hydrogen-bond acceptors (Lipinski definition) is 5. The second kappa shape index (κ2) is 28.4. The number of rotatable bonds is 28. The second-order valence-electron chi connectivity index (χ2n) is 9.88. The molecule has 200 valence electrons. The van der Waals surface area contributed by atoms with Crippen LogP contribution in [-0.4, -0.2) is 25.5 Å². The molecule has 0 bridgehead atoms. The van der Waals surface area contributed by atoms with Gasteiger partial charge in [0, 0.05) is 31.8 Å². The number of hydrogen-bond donors (Lipinski definition) is 2. The molecule has 0 saturated carbocycles. The Morgan fingerprint density at radius 1 is 0.576 bits per heavy atom. The molecule has 0 aromatic carbocycles. The van der Waals surface area contributed by atoms with E-state index in [-0.39, 0.29) is 12.3 Å². The largest absolute Gasteiger partial charge is 0.378 e. The number of nitrogens with one attached hydrogen (secondary N) is 1. The molecule has 0 saturated heterocycles. The Morgan fingerprint density at radius 3 is 1.33 bits per heavy atom. The van der Waals surface area contributed by atoms with Gasteiger partial charge in [-0.15, -0.1) is 0 Å². The lowest BCUT2D eigenvalue weighted by Gasteiger charge is -2.22. The molecule has 0 rings (SSSR count). The van der Waals surface area contributed by atoms with Crippen molar-refractivity contribution in [1.29, 1.82) is 0 Å². The van der Waals surface area contributed by atoms with E-state index in [4.69, 9.17) is 14.6 Å². The van der Waals surface area contributed by atoms with Crippen molar-refractivity contribution in [3.05, 3.63) is 0 Å². The highest BCUT2D eigenvalue weighted by molar-refractivity contribution is 7.95. The van der Waals surface area contributed by atoms with Crippen LogP contribution in [0.4, 0.5) is 0 Å². The minimum atomic E-state index is -0.0266. The molecule has 0 radical (unpaired) electrons. The third-order valence-corrected chi connectivity index (χ3v) is 6.86. The molecule has 0 aliphatic heterocycles. The minimum absolute atomic E-state index is 0.0266. The fraction of sp³-hybridized carbons (Fsp3) is 1.00. The van der Waals surface area contributed by atoms with Crippen molar-refractivity contribution < 1.29 is 9.47 Å². The van der Waals surface area contributed by atoms with Crippen LogP contribution in [0.15, 0.2) is 0 Å². The highest BCUT2D eigenvalue weighted by atomic mass is 32.2. The van der Waals surface area contributed by atoms with E-state index >= 15 is 0 Å². The first kappa shape index (κ1) is 33.2. The highest BCUT2D eigenvalue weighted by Crippen LogP contribution is 2.13. The Kier molecular flexibility index (Phi) is 28.6. The minimum Gasteiger partial charge on any atom is -0.378 e. The van der Waals surface area contributed by atoms with Gasteiger partial charge in [-0.25, -0.2) is 4.72 Å². The van der Waals surface area contributed by atoms with E-state index in [0.29, 0.717) is 0 Å². The molecule has 0 fully saturated rings. The Labute approximate surface area is 212 Å². The zero-order valence-corrected chi connectivity index (χ0v) is 23.5. The molecule has 2 atom stereocenters. The Balaban J connectivity index is 3.55. The molecule has 1 unspecified atom stereocenters. The fourth-order valence-electron chi connectivity index (χ4n) is 4.28. The van der Waals surface area contributed by atoms with Gasteiger partial charge in [-0.05, 0) is 19.8 Å². The maximum atomic E-state index is 6.04. The van der Waals surface area contributed by atoms with Crippen LogP contribution in [0.5, 0.6) is 0 Å². The summed E-state index contributed by atoms with van der Waals surface area (Å²) in [6.07, 6.45) is 28.1. The maximum absolute atomic E-state index is 6.04. The lowest BCUT2D eigenvalue weighted by atomic mass is 10.1. The summed E-state index contributed by atoms with van der Waals surface area (Å²) in [5.74, 6) is 0. The van der Waals surface area contributed by atoms with Crippen molar-refractivity contribution in [3.8, 4) is 0 Å². The standard InChI is InChI=1S/C28H60N2O2S/c1-4-6-8-10-12-14-16-18-20-22-24-31-27(3)26-28(30-33-29)32-25-23-21-19-17-15-13-11-9-7-5-2/h27-28,30H,4-26,29H2,1-3H3/t27?,28-/m0/s1. The molecule has 0 aromatic rings. The zero-order chi connectivity index (χ0) is 24.2. The zero-order valence-electron chi connectivity index (χ0n) is 22.7. The van der Waals surface area contributed by atoms with Crippen LogP contribution in [0.3, 0.4) is 0 Å². The van der Waals surface area contributed by atoms with Gasteiger partial charge in [-0.3, -0.25) is 5.14 Å². The van der Waals surface area contributed by atoms with Crippen molar-refractivity contribution in [1.82, 2.24) is 4.72 Å². The monoisotopic (exact) mass is 488 g/mol. The van der Waals surface area contributed by atoms with Crippen molar-refractivity contribution in [2.24, 2.45) is 5.14 Å². The summed E-state index contributed by atoms with van der Waals surface area (Å²) in [5, 5.41) is 5.63. The molecule has 33 heavy (non-hydrogen) atoms. The van der Waals surface area contributed by atoms with E-state index < -0.39 is 0 Å². The second-order valence-corrected chi connectivity index (χ2v) is 10.3. The van der Waals surface area contributed by atoms with E-state index in [0.717, 1.165) is 38.2 Å². The summed E-state index contributed by atoms with van der Waals surface area (Å²) in [6, 6.07) is 0. The topological polar surface area (TPSA) is 56.5 Å². The van der Waals surface area contributed by atoms with E-state index in [2.05, 4.69) is 25.5 Å². The lowest BCUT2D eigenvalue weighted by Crippen LogP contribution is -2.32. The van der Waals surface area contributed by atoms with Crippen LogP contribution in [0, 0.1) is 0 Å². The molecule has 0 amide bonds. The van der Waals surface area contributed by atoms with Crippen LogP contribution in [0.2, 0.25) is 0 Å². The number of ether oxygens (including phenoxy) is 2. The molecule has 0 aliphatic carbocycles. The number of unbranched alkanes of at least 4 members (excludes halogenated alkanes) is 18. The third-order valence-electron chi connectivity index (χ3n) is 6.46. The quantitative estimate of drug-likeness (QED) is 0.0653. The molecule has 0 aromatic heterocycles. The summed E-state index contributed by atoms with van der Waals surface area (Å²) >= 11 is 1.15. The summed E-state index contributed by atoms with van der Waals surface area (Å²) in [7, 11) is 0. The van der Waals surface area contributed by atoms with Crippen LogP contribution >= 0.6 is 12.1 Å². The predicted molar refractivity (Wildman–Crippen MR) is 148 cm³/mol. The first-order chi connectivity index (χ1) is 16.2. The van der Waals surface area contributed by atoms with Crippen LogP contribution in [0.25, 0.3) is 0 Å². The third kappa shape index (κ3) is 26.6. The van der Waals surface area contributed by atoms with Gasteiger partial charge in [0.2, 0.25) is 0 Å². The summed E-state index contributed by atoms with van der Waals surface area (Å²) < 4.78 is 15.3. The molecule has 0 spiro atoms. The van der Waals surface area contributed by atoms with Gasteiger partial charge in [-0.2, -0.15) is 0 Å². The SMILES string of the molecule is CCCCCCCCCCCCOC(C)C[C@@H](NSN)OCCCCCCCCCCCC. The van der Waals surface area contributed by atoms with E-state index in [1.165, 1.54) is 122 Å². The van der Waals surface area contributed by atoms with Gasteiger partial charge in [0.15, 0.2) is 0 Å². The highest BCUT2D eigenvalue weighted by Gasteiger charge is 2.13. The van der Waals surface area contributed by atoms with Gasteiger partial charge in [0.05, 0.1) is 6.10 Å². The molecule has 0 aliphatic rings. The lowest BCUT2D eigenvalue weighted by molar-refractivity contribution is -0.0157. The molecule has 4 nitrogen and oxygen atoms in total. The summed E-state index contributed by atoms with van der Waals surface area (Å²) in [6.45, 7) is 8.37. The van der Waals surface area contributed by atoms with Gasteiger partial charge >= 0.3 is 0 Å². The smallest absolute Gasteiger partial charge is 0.120 e. The van der Waals surface area contributed by atoms with Crippen molar-refractivity contribution >= 4 is 12.1 Å². The van der Waals surface area contributed by atoms with Crippen molar-refractivity contribution in [3.63, 3.8) is 0 Å². The van der Waals surface area contributed by atoms with Crippen LogP contribution in [-0.2, 0) is 9.47 Å². The van der Waals surface area contributed by atoms with Crippen molar-refractivity contribution in [2.75, 3.05) is 13.2 Å². The van der Waals surface area contributed by atoms with Gasteiger partial charge in [-0.1, -0.05) is 129 Å². The van der Waals surface area contributed by atoms with Gasteiger partial charge in [0.1, 0.15) is 6.23 Å². The molecule has 3 N–H and O–H groups in total. The normalized spacial score (nSPS) is 13.5. The Bertz CT molecular complexity index is 361. The Hall–Kier alpha value is 0.190. The molecular weight excluding hydrogens is 428 g/mol. The Morgan fingerprint density at radius 2 is 0.939 bits per heavy atom. The average molecular weight is 489 g/mol. The van der Waals surface area contributed by atoms with E-state index in [1.807, 2.05) is 0 Å². The first-order valence-electron chi connectivity index (χ1n) is 14.6. The van der Waals surface area contributed by atoms with Crippen LogP contribution in [0.1, 0.15) is 156 Å². The van der Waals surface area contributed by atoms with Gasteiger partial charge in [0.25, 0.3) is 0 Å². The molecule has 0 heterocycles. The van der Waals surface area contributed by atoms with Crippen LogP contribution < -0.4 is 9.86 Å². The first-order valence-corrected chi connectivity index (χ1v) is 15.5. The van der Waals surface area contributed by atoms with E-state index in [9.17, 15) is 0 Å². The van der Waals surface area contributed by atoms with Crippen molar-refractivity contribution in [2.45, 2.75) is 168 Å². The van der Waals surface area contributed by atoms with E-state index in [1.54, 1.807) is 0 Å². The fourth-order valence-corrected chi connectivity index (χ4v) is 4.60. The number of nitrogens with two attached hydrogens (primary N) is 1. The van der Waals surface area contributed by atoms with Gasteiger partial charge < -0.3 is 9.47 Å².